The van der Waals surface area contributed by atoms with Gasteiger partial charge in [0.2, 0.25) is 0 Å². The number of pyridine rings is 2. The molecule has 0 amide bonds. The highest BCUT2D eigenvalue weighted by molar-refractivity contribution is 5.14. The topological polar surface area (TPSA) is 85.9 Å². The lowest BCUT2D eigenvalue weighted by Crippen LogP contribution is -2.23. The van der Waals surface area contributed by atoms with Gasteiger partial charge >= 0.3 is 0 Å². The predicted molar refractivity (Wildman–Crippen MR) is 67.5 cm³/mol. The summed E-state index contributed by atoms with van der Waals surface area (Å²) in [5, 5.41) is 9.90. The van der Waals surface area contributed by atoms with E-state index in [1.165, 1.54) is 0 Å². The number of aromatic amines is 2. The molecule has 0 radical (unpaired) electrons. The van der Waals surface area contributed by atoms with Crippen LogP contribution in [-0.4, -0.2) is 21.2 Å². The lowest BCUT2D eigenvalue weighted by Gasteiger charge is -2.09. The Morgan fingerprint density at radius 3 is 1.78 bits per heavy atom. The summed E-state index contributed by atoms with van der Waals surface area (Å²) < 4.78 is 0. The van der Waals surface area contributed by atoms with Gasteiger partial charge < -0.3 is 15.1 Å². The van der Waals surface area contributed by atoms with Crippen LogP contribution in [0.15, 0.2) is 46.2 Å². The molecule has 0 aliphatic carbocycles. The Bertz CT molecular complexity index is 575. The van der Waals surface area contributed by atoms with E-state index in [-0.39, 0.29) is 24.0 Å². The maximum Gasteiger partial charge on any atom is 0.251 e. The second-order valence-corrected chi connectivity index (χ2v) is 4.11. The van der Waals surface area contributed by atoms with Crippen LogP contribution in [0, 0.1) is 0 Å². The van der Waals surface area contributed by atoms with E-state index in [9.17, 15) is 14.7 Å². The number of hydrogen-bond acceptors (Lipinski definition) is 3. The summed E-state index contributed by atoms with van der Waals surface area (Å²) in [6.07, 6.45) is 2.78. The number of hydrogen-bond donors (Lipinski definition) is 3. The van der Waals surface area contributed by atoms with Crippen LogP contribution in [0.4, 0.5) is 0 Å². The van der Waals surface area contributed by atoms with Crippen molar-refractivity contribution in [1.82, 2.24) is 9.97 Å². The van der Waals surface area contributed by atoms with Gasteiger partial charge in [-0.05, 0) is 12.1 Å². The minimum absolute atomic E-state index is 0.210. The van der Waals surface area contributed by atoms with Crippen molar-refractivity contribution in [3.63, 3.8) is 0 Å². The molecule has 0 fully saturated rings. The van der Waals surface area contributed by atoms with Gasteiger partial charge in [0.1, 0.15) is 0 Å². The fourth-order valence-electron chi connectivity index (χ4n) is 1.81. The van der Waals surface area contributed by atoms with Crippen molar-refractivity contribution in [2.24, 2.45) is 0 Å². The molecule has 0 bridgehead atoms. The monoisotopic (exact) mass is 246 g/mol. The molecule has 5 heteroatoms. The molecule has 0 aliphatic rings. The van der Waals surface area contributed by atoms with Gasteiger partial charge in [0, 0.05) is 36.4 Å². The second-order valence-electron chi connectivity index (χ2n) is 4.11. The Morgan fingerprint density at radius 1 is 0.944 bits per heavy atom. The minimum atomic E-state index is -0.753. The quantitative estimate of drug-likeness (QED) is 0.720. The molecule has 0 saturated heterocycles. The molecule has 0 saturated carbocycles. The summed E-state index contributed by atoms with van der Waals surface area (Å²) in [5.41, 5.74) is 0.603. The molecule has 0 spiro atoms. The van der Waals surface area contributed by atoms with Crippen molar-refractivity contribution >= 4 is 0 Å². The molecule has 0 unspecified atom stereocenters. The highest BCUT2D eigenvalue weighted by atomic mass is 16.3. The zero-order valence-corrected chi connectivity index (χ0v) is 9.72. The number of H-pyrrole nitrogens is 2. The molecule has 5 nitrogen and oxygen atoms in total. The Hall–Kier alpha value is -2.14. The normalized spacial score (nSPS) is 10.8. The SMILES string of the molecule is O=c1[nH]cccc1CC(O)Cc1ccc[nH]c1=O. The smallest absolute Gasteiger partial charge is 0.251 e. The molecule has 2 aromatic heterocycles. The van der Waals surface area contributed by atoms with Gasteiger partial charge in [0.05, 0.1) is 6.10 Å². The van der Waals surface area contributed by atoms with E-state index in [1.807, 2.05) is 0 Å². The first-order valence-electron chi connectivity index (χ1n) is 5.68. The van der Waals surface area contributed by atoms with Crippen LogP contribution in [0.25, 0.3) is 0 Å². The standard InChI is InChI=1S/C13H14N2O3/c16-11(7-9-3-1-5-14-12(9)17)8-10-4-2-6-15-13(10)18/h1-6,11,16H,7-8H2,(H,14,17)(H,15,18). The van der Waals surface area contributed by atoms with E-state index in [1.54, 1.807) is 36.7 Å². The predicted octanol–water partition coefficient (Wildman–Crippen LogP) is 0.209. The third-order valence-electron chi connectivity index (χ3n) is 2.71. The summed E-state index contributed by atoms with van der Waals surface area (Å²) in [7, 11) is 0. The molecular weight excluding hydrogens is 232 g/mol. The van der Waals surface area contributed by atoms with Crippen LogP contribution in [0.1, 0.15) is 11.1 Å². The van der Waals surface area contributed by atoms with E-state index in [0.29, 0.717) is 11.1 Å². The van der Waals surface area contributed by atoms with Crippen molar-refractivity contribution in [2.75, 3.05) is 0 Å². The fourth-order valence-corrected chi connectivity index (χ4v) is 1.81. The van der Waals surface area contributed by atoms with E-state index in [4.69, 9.17) is 0 Å². The largest absolute Gasteiger partial charge is 0.392 e. The van der Waals surface area contributed by atoms with Crippen molar-refractivity contribution in [2.45, 2.75) is 18.9 Å². The van der Waals surface area contributed by atoms with Crippen LogP contribution in [0.5, 0.6) is 0 Å². The number of aliphatic hydroxyl groups is 1. The molecule has 2 heterocycles. The molecule has 0 atom stereocenters. The van der Waals surface area contributed by atoms with Crippen molar-refractivity contribution in [3.05, 3.63) is 68.5 Å². The van der Waals surface area contributed by atoms with E-state index in [2.05, 4.69) is 9.97 Å². The van der Waals surface area contributed by atoms with Crippen LogP contribution in [0.2, 0.25) is 0 Å². The van der Waals surface area contributed by atoms with Crippen LogP contribution in [-0.2, 0) is 12.8 Å². The summed E-state index contributed by atoms with van der Waals surface area (Å²) in [6.45, 7) is 0. The highest BCUT2D eigenvalue weighted by Gasteiger charge is 2.10. The molecule has 3 N–H and O–H groups in total. The molecule has 0 aliphatic heterocycles. The van der Waals surface area contributed by atoms with E-state index < -0.39 is 6.10 Å². The summed E-state index contributed by atoms with van der Waals surface area (Å²) in [6, 6.07) is 6.74. The van der Waals surface area contributed by atoms with Gasteiger partial charge in [-0.3, -0.25) is 9.59 Å². The van der Waals surface area contributed by atoms with Gasteiger partial charge in [0.25, 0.3) is 11.1 Å². The Balaban J connectivity index is 2.08. The molecule has 94 valence electrons. The van der Waals surface area contributed by atoms with Crippen molar-refractivity contribution < 1.29 is 5.11 Å². The average molecular weight is 246 g/mol. The van der Waals surface area contributed by atoms with Gasteiger partial charge in [-0.15, -0.1) is 0 Å². The van der Waals surface area contributed by atoms with E-state index >= 15 is 0 Å². The third-order valence-corrected chi connectivity index (χ3v) is 2.71. The van der Waals surface area contributed by atoms with Gasteiger partial charge in [-0.1, -0.05) is 12.1 Å². The summed E-state index contributed by atoms with van der Waals surface area (Å²) >= 11 is 0. The Kier molecular flexibility index (Phi) is 3.74. The lowest BCUT2D eigenvalue weighted by molar-refractivity contribution is 0.174. The number of aromatic nitrogens is 2. The molecule has 2 aromatic rings. The molecule has 0 aromatic carbocycles. The fraction of sp³-hybridized carbons (Fsp3) is 0.231. The first kappa shape index (κ1) is 12.3. The molecule has 2 rings (SSSR count). The van der Waals surface area contributed by atoms with E-state index in [0.717, 1.165) is 0 Å². The maximum atomic E-state index is 11.4. The second kappa shape index (κ2) is 5.46. The minimum Gasteiger partial charge on any atom is -0.392 e. The zero-order valence-electron chi connectivity index (χ0n) is 9.72. The summed E-state index contributed by atoms with van der Waals surface area (Å²) in [4.78, 5) is 28.0. The number of aliphatic hydroxyl groups excluding tert-OH is 1. The molecular formula is C13H14N2O3. The van der Waals surface area contributed by atoms with Gasteiger partial charge in [-0.2, -0.15) is 0 Å². The zero-order chi connectivity index (χ0) is 13.0. The van der Waals surface area contributed by atoms with Crippen LogP contribution >= 0.6 is 0 Å². The summed E-state index contributed by atoms with van der Waals surface area (Å²) in [5.74, 6) is 0. The van der Waals surface area contributed by atoms with Crippen molar-refractivity contribution in [1.29, 1.82) is 0 Å². The molecule has 18 heavy (non-hydrogen) atoms. The maximum absolute atomic E-state index is 11.4. The average Bonchev–Trinajstić information content (AvgIpc) is 2.35. The number of nitrogens with one attached hydrogen (secondary N) is 2. The first-order chi connectivity index (χ1) is 8.66. The van der Waals surface area contributed by atoms with Gasteiger partial charge in [0.15, 0.2) is 0 Å². The Morgan fingerprint density at radius 2 is 1.39 bits per heavy atom. The lowest BCUT2D eigenvalue weighted by atomic mass is 10.0. The first-order valence-corrected chi connectivity index (χ1v) is 5.68. The Labute approximate surface area is 103 Å². The van der Waals surface area contributed by atoms with Crippen LogP contribution in [0.3, 0.4) is 0 Å². The third kappa shape index (κ3) is 2.95. The highest BCUT2D eigenvalue weighted by Crippen LogP contribution is 2.02. The van der Waals surface area contributed by atoms with Gasteiger partial charge in [-0.25, -0.2) is 0 Å². The van der Waals surface area contributed by atoms with Crippen molar-refractivity contribution in [3.8, 4) is 0 Å². The number of rotatable bonds is 4. The van der Waals surface area contributed by atoms with Crippen LogP contribution < -0.4 is 11.1 Å².